The third kappa shape index (κ3) is 4.09. The molecule has 0 saturated carbocycles. The minimum Gasteiger partial charge on any atom is -0.352 e. The number of anilines is 1. The molecule has 0 amide bonds. The second kappa shape index (κ2) is 8.90. The van der Waals surface area contributed by atoms with E-state index >= 15 is 0 Å². The van der Waals surface area contributed by atoms with Gasteiger partial charge in [0.1, 0.15) is 17.2 Å². The van der Waals surface area contributed by atoms with Gasteiger partial charge in [-0.2, -0.15) is 5.10 Å². The smallest absolute Gasteiger partial charge is 0.279 e. The molecule has 10 heteroatoms. The molecule has 1 aliphatic rings. The second-order valence-corrected chi connectivity index (χ2v) is 8.58. The number of halogens is 2. The second-order valence-electron chi connectivity index (χ2n) is 7.77. The maximum absolute atomic E-state index is 12.6. The summed E-state index contributed by atoms with van der Waals surface area (Å²) in [6, 6.07) is 11.2. The van der Waals surface area contributed by atoms with Gasteiger partial charge in [-0.05, 0) is 42.7 Å². The molecule has 1 aromatic carbocycles. The van der Waals surface area contributed by atoms with Gasteiger partial charge in [-0.1, -0.05) is 35.3 Å². The van der Waals surface area contributed by atoms with Crippen LogP contribution in [0.1, 0.15) is 30.3 Å². The summed E-state index contributed by atoms with van der Waals surface area (Å²) in [5, 5.41) is 11.3. The summed E-state index contributed by atoms with van der Waals surface area (Å²) < 4.78 is 0. The van der Waals surface area contributed by atoms with E-state index in [1.807, 2.05) is 30.3 Å². The van der Waals surface area contributed by atoms with E-state index in [-0.39, 0.29) is 17.6 Å². The van der Waals surface area contributed by atoms with Crippen molar-refractivity contribution in [3.8, 4) is 0 Å². The number of nitrogens with zero attached hydrogens (tertiary/aromatic N) is 4. The van der Waals surface area contributed by atoms with Gasteiger partial charge < -0.3 is 15.2 Å². The highest BCUT2D eigenvalue weighted by molar-refractivity contribution is 6.42. The Morgan fingerprint density at radius 3 is 2.94 bits per heavy atom. The molecule has 5 rings (SSSR count). The van der Waals surface area contributed by atoms with Crippen LogP contribution >= 0.6 is 23.2 Å². The molecule has 0 aliphatic carbocycles. The minimum absolute atomic E-state index is 0.0557. The third-order valence-electron chi connectivity index (χ3n) is 5.75. The van der Waals surface area contributed by atoms with Crippen LogP contribution in [0, 0.1) is 0 Å². The zero-order valence-corrected chi connectivity index (χ0v) is 18.6. The lowest BCUT2D eigenvalue weighted by Crippen LogP contribution is -2.42. The molecule has 164 valence electrons. The summed E-state index contributed by atoms with van der Waals surface area (Å²) in [5.41, 5.74) is 1.55. The maximum Gasteiger partial charge on any atom is 0.279 e. The Labute approximate surface area is 194 Å². The van der Waals surface area contributed by atoms with Gasteiger partial charge in [0.15, 0.2) is 5.52 Å². The Bertz CT molecular complexity index is 1290. The van der Waals surface area contributed by atoms with E-state index in [1.165, 1.54) is 0 Å². The number of aromatic nitrogens is 5. The van der Waals surface area contributed by atoms with Gasteiger partial charge >= 0.3 is 0 Å². The average molecular weight is 470 g/mol. The lowest BCUT2D eigenvalue weighted by molar-refractivity contribution is 0.420. The fraction of sp³-hybridized carbons (Fsp3) is 0.273. The molecule has 2 atom stereocenters. The Balaban J connectivity index is 1.51. The molecule has 4 aromatic rings. The number of hydrogen-bond acceptors (Lipinski definition) is 6. The summed E-state index contributed by atoms with van der Waals surface area (Å²) >= 11 is 12.3. The molecule has 4 heterocycles. The molecule has 0 spiro atoms. The van der Waals surface area contributed by atoms with Gasteiger partial charge in [-0.3, -0.25) is 9.89 Å². The van der Waals surface area contributed by atoms with Gasteiger partial charge in [-0.15, -0.1) is 0 Å². The highest BCUT2D eigenvalue weighted by atomic mass is 35.5. The first-order valence-electron chi connectivity index (χ1n) is 10.4. The van der Waals surface area contributed by atoms with Gasteiger partial charge in [0.2, 0.25) is 0 Å². The van der Waals surface area contributed by atoms with Crippen LogP contribution in [0.25, 0.3) is 11.0 Å². The SMILES string of the molecule is O=c1[nH]c(C(NCc2ccc(Cl)c(Cl)c2)[C@@H]2CCCN2c2ccccn2)nc2c[nH]nc12. The van der Waals surface area contributed by atoms with Crippen molar-refractivity contribution in [3.63, 3.8) is 0 Å². The van der Waals surface area contributed by atoms with Crippen molar-refractivity contribution in [2.45, 2.75) is 31.5 Å². The predicted molar refractivity (Wildman–Crippen MR) is 125 cm³/mol. The standard InChI is InChI=1S/C22H21Cl2N7O/c23-14-7-6-13(10-15(14)24)11-26-20(21-28-16-12-27-30-19(16)22(32)29-21)17-4-3-9-31(17)18-5-1-2-8-25-18/h1-2,5-8,10,12,17,20,26H,3-4,9,11H2,(H,27,30)(H,28,29,32)/t17-,20?/m0/s1. The normalized spacial score (nSPS) is 17.2. The van der Waals surface area contributed by atoms with Crippen molar-refractivity contribution in [1.82, 2.24) is 30.5 Å². The van der Waals surface area contributed by atoms with E-state index in [1.54, 1.807) is 18.5 Å². The van der Waals surface area contributed by atoms with Gasteiger partial charge in [0.05, 0.1) is 22.1 Å². The number of fused-ring (bicyclic) bond motifs is 1. The number of H-pyrrole nitrogens is 2. The van der Waals surface area contributed by atoms with E-state index in [4.69, 9.17) is 28.2 Å². The van der Waals surface area contributed by atoms with Crippen LogP contribution in [0.15, 0.2) is 53.6 Å². The van der Waals surface area contributed by atoms with Crippen molar-refractivity contribution in [1.29, 1.82) is 0 Å². The van der Waals surface area contributed by atoms with Crippen LogP contribution in [0.2, 0.25) is 10.0 Å². The van der Waals surface area contributed by atoms with Crippen LogP contribution in [0.3, 0.4) is 0 Å². The van der Waals surface area contributed by atoms with Gasteiger partial charge in [-0.25, -0.2) is 9.97 Å². The lowest BCUT2D eigenvalue weighted by atomic mass is 10.0. The van der Waals surface area contributed by atoms with Crippen LogP contribution in [-0.2, 0) is 6.54 Å². The minimum atomic E-state index is -0.269. The maximum atomic E-state index is 12.6. The van der Waals surface area contributed by atoms with E-state index in [2.05, 4.69) is 30.4 Å². The zero-order chi connectivity index (χ0) is 22.1. The first-order chi connectivity index (χ1) is 15.6. The molecule has 3 N–H and O–H groups in total. The van der Waals surface area contributed by atoms with E-state index in [9.17, 15) is 4.79 Å². The largest absolute Gasteiger partial charge is 0.352 e. The Hall–Kier alpha value is -2.94. The van der Waals surface area contributed by atoms with Crippen LogP contribution < -0.4 is 15.8 Å². The van der Waals surface area contributed by atoms with Crippen molar-refractivity contribution in [2.24, 2.45) is 0 Å². The molecule has 8 nitrogen and oxygen atoms in total. The third-order valence-corrected chi connectivity index (χ3v) is 6.49. The molecule has 1 saturated heterocycles. The number of benzene rings is 1. The van der Waals surface area contributed by atoms with E-state index in [0.29, 0.717) is 33.4 Å². The van der Waals surface area contributed by atoms with Crippen molar-refractivity contribution in [3.05, 3.63) is 80.6 Å². The highest BCUT2D eigenvalue weighted by Gasteiger charge is 2.35. The fourth-order valence-electron chi connectivity index (χ4n) is 4.26. The quantitative estimate of drug-likeness (QED) is 0.396. The molecular weight excluding hydrogens is 449 g/mol. The highest BCUT2D eigenvalue weighted by Crippen LogP contribution is 2.32. The summed E-state index contributed by atoms with van der Waals surface area (Å²) in [6.45, 7) is 1.41. The fourth-order valence-corrected chi connectivity index (χ4v) is 4.58. The monoisotopic (exact) mass is 469 g/mol. The van der Waals surface area contributed by atoms with Crippen molar-refractivity contribution in [2.75, 3.05) is 11.4 Å². The number of aromatic amines is 2. The van der Waals surface area contributed by atoms with Gasteiger partial charge in [0, 0.05) is 25.5 Å². The molecule has 1 aliphatic heterocycles. The number of rotatable bonds is 6. The Morgan fingerprint density at radius 1 is 1.22 bits per heavy atom. The molecule has 1 fully saturated rings. The van der Waals surface area contributed by atoms with Crippen molar-refractivity contribution >= 4 is 40.1 Å². The van der Waals surface area contributed by atoms with Gasteiger partial charge in [0.25, 0.3) is 5.56 Å². The topological polar surface area (TPSA) is 103 Å². The van der Waals surface area contributed by atoms with Crippen molar-refractivity contribution < 1.29 is 0 Å². The van der Waals surface area contributed by atoms with Crippen LogP contribution in [-0.4, -0.2) is 37.7 Å². The van der Waals surface area contributed by atoms with Crippen LogP contribution in [0.4, 0.5) is 5.82 Å². The summed E-state index contributed by atoms with van der Waals surface area (Å²) in [7, 11) is 0. The van der Waals surface area contributed by atoms with Crippen LogP contribution in [0.5, 0.6) is 0 Å². The number of pyridine rings is 1. The zero-order valence-electron chi connectivity index (χ0n) is 17.1. The summed E-state index contributed by atoms with van der Waals surface area (Å²) in [5.74, 6) is 1.47. The number of nitrogens with one attached hydrogen (secondary N) is 3. The average Bonchev–Trinajstić information content (AvgIpc) is 3.47. The summed E-state index contributed by atoms with van der Waals surface area (Å²) in [6.07, 6.45) is 5.38. The first kappa shape index (κ1) is 20.9. The van der Waals surface area contributed by atoms with E-state index < -0.39 is 0 Å². The Kier molecular flexibility index (Phi) is 5.82. The molecular formula is C22H21Cl2N7O. The molecule has 3 aromatic heterocycles. The molecule has 1 unspecified atom stereocenters. The summed E-state index contributed by atoms with van der Waals surface area (Å²) in [4.78, 5) is 27.1. The lowest BCUT2D eigenvalue weighted by Gasteiger charge is -2.32. The molecule has 0 bridgehead atoms. The number of hydrogen-bond donors (Lipinski definition) is 3. The first-order valence-corrected chi connectivity index (χ1v) is 11.1. The molecule has 0 radical (unpaired) electrons. The Morgan fingerprint density at radius 2 is 2.12 bits per heavy atom. The predicted octanol–water partition coefficient (Wildman–Crippen LogP) is 3.85. The van der Waals surface area contributed by atoms with E-state index in [0.717, 1.165) is 30.8 Å². The molecule has 32 heavy (non-hydrogen) atoms.